The normalized spacial score (nSPS) is 21.7. The fourth-order valence-corrected chi connectivity index (χ4v) is 4.24. The predicted octanol–water partition coefficient (Wildman–Crippen LogP) is 1.27. The third kappa shape index (κ3) is 6.80. The third-order valence-electron chi connectivity index (χ3n) is 5.84. The van der Waals surface area contributed by atoms with Crippen molar-refractivity contribution in [2.24, 2.45) is 16.5 Å². The average Bonchev–Trinajstić information content (AvgIpc) is 3.07. The number of hydrogen-bond acceptors (Lipinski definition) is 5. The molecule has 2 aliphatic rings. The van der Waals surface area contributed by atoms with Gasteiger partial charge in [-0.1, -0.05) is 30.3 Å². The van der Waals surface area contributed by atoms with Crippen molar-refractivity contribution in [3.8, 4) is 0 Å². The van der Waals surface area contributed by atoms with E-state index in [0.717, 1.165) is 50.7 Å². The summed E-state index contributed by atoms with van der Waals surface area (Å²) < 4.78 is 0. The first kappa shape index (κ1) is 27.2. The van der Waals surface area contributed by atoms with E-state index in [0.29, 0.717) is 25.8 Å². The number of guanidine groups is 1. The van der Waals surface area contributed by atoms with Crippen LogP contribution in [0.5, 0.6) is 0 Å². The van der Waals surface area contributed by atoms with Crippen molar-refractivity contribution in [2.75, 3.05) is 26.2 Å². The molecular formula is C21H34Cl2N6O2. The number of hydrazine groups is 1. The first-order chi connectivity index (χ1) is 14.0. The molecular weight excluding hydrogens is 439 g/mol. The summed E-state index contributed by atoms with van der Waals surface area (Å²) in [5.41, 5.74) is 11.2. The maximum absolute atomic E-state index is 13.5. The highest BCUT2D eigenvalue weighted by molar-refractivity contribution is 5.89. The maximum atomic E-state index is 13.5. The van der Waals surface area contributed by atoms with Crippen LogP contribution in [0, 0.1) is 0 Å². The fraction of sp³-hybridized carbons (Fsp3) is 0.571. The van der Waals surface area contributed by atoms with Crippen LogP contribution in [0.4, 0.5) is 0 Å². The number of nitrogens with one attached hydrogen (secondary N) is 1. The minimum absolute atomic E-state index is 0. The lowest BCUT2D eigenvalue weighted by Crippen LogP contribution is -2.65. The quantitative estimate of drug-likeness (QED) is 0.204. The zero-order valence-corrected chi connectivity index (χ0v) is 19.4. The Morgan fingerprint density at radius 1 is 1.16 bits per heavy atom. The number of benzene rings is 1. The van der Waals surface area contributed by atoms with Crippen LogP contribution >= 0.6 is 24.8 Å². The molecule has 2 atom stereocenters. The second-order valence-corrected chi connectivity index (χ2v) is 7.89. The first-order valence-electron chi connectivity index (χ1n) is 10.4. The molecule has 0 saturated carbocycles. The van der Waals surface area contributed by atoms with Gasteiger partial charge in [0.05, 0.1) is 6.04 Å². The highest BCUT2D eigenvalue weighted by Crippen LogP contribution is 2.36. The van der Waals surface area contributed by atoms with E-state index in [1.54, 1.807) is 0 Å². The van der Waals surface area contributed by atoms with Crippen LogP contribution in [0.2, 0.25) is 0 Å². The molecule has 0 aliphatic carbocycles. The van der Waals surface area contributed by atoms with Gasteiger partial charge in [0, 0.05) is 32.6 Å². The van der Waals surface area contributed by atoms with Crippen molar-refractivity contribution in [2.45, 2.75) is 50.1 Å². The van der Waals surface area contributed by atoms with Gasteiger partial charge in [-0.2, -0.15) is 0 Å². The van der Waals surface area contributed by atoms with Crippen molar-refractivity contribution in [3.63, 3.8) is 0 Å². The molecule has 0 bridgehead atoms. The summed E-state index contributed by atoms with van der Waals surface area (Å²) >= 11 is 0. The molecule has 0 radical (unpaired) electrons. The highest BCUT2D eigenvalue weighted by atomic mass is 35.5. The molecule has 2 saturated heterocycles. The molecule has 0 spiro atoms. The van der Waals surface area contributed by atoms with Crippen molar-refractivity contribution >= 4 is 43.0 Å². The van der Waals surface area contributed by atoms with Crippen LogP contribution in [0.1, 0.15) is 37.7 Å². The van der Waals surface area contributed by atoms with Crippen molar-refractivity contribution in [3.05, 3.63) is 35.9 Å². The van der Waals surface area contributed by atoms with Gasteiger partial charge in [-0.3, -0.25) is 9.79 Å². The van der Waals surface area contributed by atoms with Gasteiger partial charge in [0.1, 0.15) is 11.8 Å². The second kappa shape index (κ2) is 12.9. The van der Waals surface area contributed by atoms with Crippen LogP contribution < -0.4 is 16.8 Å². The number of amides is 1. The van der Waals surface area contributed by atoms with Gasteiger partial charge in [-0.25, -0.2) is 10.0 Å². The molecule has 1 aromatic rings. The highest BCUT2D eigenvalue weighted by Gasteiger charge is 2.50. The molecule has 2 aliphatic heterocycles. The van der Waals surface area contributed by atoms with Gasteiger partial charge in [-0.15, -0.1) is 24.8 Å². The molecule has 8 nitrogen and oxygen atoms in total. The predicted molar refractivity (Wildman–Crippen MR) is 127 cm³/mol. The van der Waals surface area contributed by atoms with Gasteiger partial charge >= 0.3 is 0 Å². The standard InChI is InChI=1S/C21H32N6O2.2ClH/c22-20(23)24-11-4-9-18(16-28)25-19(29)21(15-17-7-2-1-3-8-17)10-5-14-27(21)26-12-6-13-26;;/h1-3,7-8,16,18H,4-6,9-15H2,(H,25,29)(H4,22,23,24);2*1H/t18-,21+;;/m0../s1. The summed E-state index contributed by atoms with van der Waals surface area (Å²) in [5.74, 6) is -0.0284. The molecule has 2 fully saturated rings. The molecule has 0 unspecified atom stereocenters. The van der Waals surface area contributed by atoms with E-state index in [-0.39, 0.29) is 36.7 Å². The Morgan fingerprint density at radius 3 is 2.45 bits per heavy atom. The van der Waals surface area contributed by atoms with Crippen molar-refractivity contribution in [1.29, 1.82) is 0 Å². The Labute approximate surface area is 196 Å². The number of nitrogens with two attached hydrogens (primary N) is 2. The van der Waals surface area contributed by atoms with Gasteiger partial charge in [0.15, 0.2) is 5.96 Å². The number of aldehydes is 1. The zero-order valence-electron chi connectivity index (χ0n) is 17.7. The average molecular weight is 473 g/mol. The minimum Gasteiger partial charge on any atom is -0.370 e. The zero-order chi connectivity index (χ0) is 20.7. The Hall–Kier alpha value is -1.87. The van der Waals surface area contributed by atoms with Crippen molar-refractivity contribution in [1.82, 2.24) is 15.3 Å². The van der Waals surface area contributed by atoms with Gasteiger partial charge in [0.2, 0.25) is 5.91 Å². The van der Waals surface area contributed by atoms with Crippen LogP contribution in [-0.4, -0.2) is 65.9 Å². The smallest absolute Gasteiger partial charge is 0.242 e. The lowest BCUT2D eigenvalue weighted by Gasteiger charge is -2.48. The number of nitrogens with zero attached hydrogens (tertiary/aromatic N) is 3. The van der Waals surface area contributed by atoms with E-state index in [1.807, 2.05) is 18.2 Å². The molecule has 31 heavy (non-hydrogen) atoms. The van der Waals surface area contributed by atoms with E-state index >= 15 is 0 Å². The molecule has 1 amide bonds. The number of carbonyl (C=O) groups excluding carboxylic acids is 2. The minimum atomic E-state index is -0.650. The summed E-state index contributed by atoms with van der Waals surface area (Å²) in [5, 5.41) is 7.54. The molecule has 10 heteroatoms. The Bertz CT molecular complexity index is 728. The number of aliphatic imine (C=N–C) groups is 1. The SMILES string of the molecule is Cl.Cl.NC(N)=NCCC[C@@H](C=O)NC(=O)[C@]1(Cc2ccccc2)CCCN1N1CCC1. The summed E-state index contributed by atoms with van der Waals surface area (Å²) in [6, 6.07) is 9.58. The fourth-order valence-electron chi connectivity index (χ4n) is 4.24. The van der Waals surface area contributed by atoms with Crippen LogP contribution in [-0.2, 0) is 16.0 Å². The monoisotopic (exact) mass is 472 g/mol. The molecule has 174 valence electrons. The molecule has 0 aromatic heterocycles. The topological polar surface area (TPSA) is 117 Å². The van der Waals surface area contributed by atoms with Gasteiger partial charge in [-0.05, 0) is 37.7 Å². The summed E-state index contributed by atoms with van der Waals surface area (Å²) in [6.45, 7) is 3.28. The van der Waals surface area contributed by atoms with E-state index in [4.69, 9.17) is 11.5 Å². The summed E-state index contributed by atoms with van der Waals surface area (Å²) in [7, 11) is 0. The number of halogens is 2. The largest absolute Gasteiger partial charge is 0.370 e. The number of carbonyl (C=O) groups is 2. The summed E-state index contributed by atoms with van der Waals surface area (Å²) in [4.78, 5) is 29.1. The molecule has 2 heterocycles. The van der Waals surface area contributed by atoms with Gasteiger partial charge in [0.25, 0.3) is 0 Å². The van der Waals surface area contributed by atoms with Crippen LogP contribution in [0.15, 0.2) is 35.3 Å². The van der Waals surface area contributed by atoms with Crippen LogP contribution in [0.3, 0.4) is 0 Å². The Kier molecular flexibility index (Phi) is 11.3. The second-order valence-electron chi connectivity index (χ2n) is 7.89. The van der Waals surface area contributed by atoms with Crippen molar-refractivity contribution < 1.29 is 9.59 Å². The number of rotatable bonds is 10. The maximum Gasteiger partial charge on any atom is 0.242 e. The summed E-state index contributed by atoms with van der Waals surface area (Å²) in [6.07, 6.45) is 5.49. The first-order valence-corrected chi connectivity index (χ1v) is 10.4. The number of hydrogen-bond donors (Lipinski definition) is 3. The van der Waals surface area contributed by atoms with E-state index in [1.165, 1.54) is 0 Å². The molecule has 5 N–H and O–H groups in total. The van der Waals surface area contributed by atoms with Crippen LogP contribution in [0.25, 0.3) is 0 Å². The lowest BCUT2D eigenvalue weighted by atomic mass is 9.87. The third-order valence-corrected chi connectivity index (χ3v) is 5.84. The lowest BCUT2D eigenvalue weighted by molar-refractivity contribution is -0.157. The van der Waals surface area contributed by atoms with E-state index < -0.39 is 11.6 Å². The Balaban J connectivity index is 0.00000240. The molecule has 1 aromatic carbocycles. The Morgan fingerprint density at radius 2 is 1.87 bits per heavy atom. The van der Waals surface area contributed by atoms with E-state index in [9.17, 15) is 9.59 Å². The van der Waals surface area contributed by atoms with E-state index in [2.05, 4.69) is 32.5 Å². The van der Waals surface area contributed by atoms with Gasteiger partial charge < -0.3 is 21.6 Å². The molecule has 3 rings (SSSR count).